The quantitative estimate of drug-likeness (QED) is 0.397. The first-order chi connectivity index (χ1) is 15.0. The van der Waals surface area contributed by atoms with Gasteiger partial charge in [0.2, 0.25) is 0 Å². The molecule has 0 fully saturated rings. The van der Waals surface area contributed by atoms with Crippen molar-refractivity contribution in [3.8, 4) is 22.8 Å². The molecule has 0 unspecified atom stereocenters. The van der Waals surface area contributed by atoms with Crippen LogP contribution in [0.3, 0.4) is 0 Å². The predicted octanol–water partition coefficient (Wildman–Crippen LogP) is 5.27. The number of carboxylic acid groups (broad SMARTS) is 1. The molecule has 6 nitrogen and oxygen atoms in total. The third-order valence-electron chi connectivity index (χ3n) is 4.55. The van der Waals surface area contributed by atoms with Crippen LogP contribution in [0.2, 0.25) is 5.02 Å². The van der Waals surface area contributed by atoms with Gasteiger partial charge in [0.15, 0.2) is 11.0 Å². The summed E-state index contributed by atoms with van der Waals surface area (Å²) in [5.74, 6) is 0.488. The van der Waals surface area contributed by atoms with Crippen molar-refractivity contribution in [2.45, 2.75) is 0 Å². The van der Waals surface area contributed by atoms with Gasteiger partial charge >= 0.3 is 5.97 Å². The van der Waals surface area contributed by atoms with Gasteiger partial charge in [-0.25, -0.2) is 4.79 Å². The van der Waals surface area contributed by atoms with E-state index in [1.54, 1.807) is 54.6 Å². The number of hydrogen-bond donors (Lipinski definition) is 1. The van der Waals surface area contributed by atoms with Gasteiger partial charge in [0.1, 0.15) is 30.5 Å². The van der Waals surface area contributed by atoms with Gasteiger partial charge in [0.05, 0.1) is 16.0 Å². The smallest absolute Gasteiger partial charge is 0.335 e. The Balaban J connectivity index is 1.39. The largest absolute Gasteiger partial charge is 0.490 e. The molecule has 4 rings (SSSR count). The summed E-state index contributed by atoms with van der Waals surface area (Å²) in [5, 5.41) is 9.82. The average molecular weight is 437 g/mol. The number of aromatic carboxylic acids is 1. The van der Waals surface area contributed by atoms with Crippen LogP contribution in [0.15, 0.2) is 82.0 Å². The van der Waals surface area contributed by atoms with Crippen molar-refractivity contribution in [2.24, 2.45) is 0 Å². The van der Waals surface area contributed by atoms with E-state index in [9.17, 15) is 9.59 Å². The van der Waals surface area contributed by atoms with Gasteiger partial charge in [-0.05, 0) is 54.6 Å². The zero-order valence-corrected chi connectivity index (χ0v) is 17.0. The van der Waals surface area contributed by atoms with Crippen LogP contribution >= 0.6 is 11.6 Å². The fourth-order valence-corrected chi connectivity index (χ4v) is 3.25. The summed E-state index contributed by atoms with van der Waals surface area (Å²) < 4.78 is 17.0. The lowest BCUT2D eigenvalue weighted by Gasteiger charge is -2.09. The maximum absolute atomic E-state index is 12.4. The molecule has 1 aromatic heterocycles. The number of benzene rings is 3. The van der Waals surface area contributed by atoms with E-state index in [1.165, 1.54) is 18.2 Å². The van der Waals surface area contributed by atoms with E-state index in [0.717, 1.165) is 0 Å². The SMILES string of the molecule is O=C(O)c1cccc(OCCOc2ccc(-c3cc(=O)c4cccc(Cl)c4o3)cc2)c1. The first-order valence-corrected chi connectivity index (χ1v) is 9.81. The number of carbonyl (C=O) groups is 1. The van der Waals surface area contributed by atoms with Gasteiger partial charge in [-0.3, -0.25) is 4.79 Å². The first-order valence-electron chi connectivity index (χ1n) is 9.43. The topological polar surface area (TPSA) is 86.0 Å². The Kier molecular flexibility index (Phi) is 5.91. The van der Waals surface area contributed by atoms with Crippen LogP contribution in [0.5, 0.6) is 11.5 Å². The van der Waals surface area contributed by atoms with Crippen molar-refractivity contribution in [1.82, 2.24) is 0 Å². The van der Waals surface area contributed by atoms with Crippen LogP contribution in [-0.2, 0) is 0 Å². The molecule has 0 atom stereocenters. The standard InChI is InChI=1S/C24H17ClO6/c25-20-6-2-5-19-21(26)14-22(31-23(19)20)15-7-9-17(10-8-15)29-11-12-30-18-4-1-3-16(13-18)24(27)28/h1-10,13-14H,11-12H2,(H,27,28). The van der Waals surface area contributed by atoms with Crippen LogP contribution in [0, 0.1) is 0 Å². The molecule has 31 heavy (non-hydrogen) atoms. The molecule has 0 saturated carbocycles. The monoisotopic (exact) mass is 436 g/mol. The highest BCUT2D eigenvalue weighted by atomic mass is 35.5. The van der Waals surface area contributed by atoms with E-state index in [2.05, 4.69) is 0 Å². The molecule has 0 saturated heterocycles. The molecule has 4 aromatic rings. The molecule has 7 heteroatoms. The Bertz CT molecular complexity index is 1290. The van der Waals surface area contributed by atoms with E-state index >= 15 is 0 Å². The van der Waals surface area contributed by atoms with Crippen LogP contribution in [0.4, 0.5) is 0 Å². The second-order valence-corrected chi connectivity index (χ2v) is 7.05. The Morgan fingerprint density at radius 3 is 2.35 bits per heavy atom. The summed E-state index contributed by atoms with van der Waals surface area (Å²) in [5.41, 5.74) is 1.07. The predicted molar refractivity (Wildman–Crippen MR) is 117 cm³/mol. The minimum atomic E-state index is -1.01. The summed E-state index contributed by atoms with van der Waals surface area (Å²) in [6, 6.07) is 19.9. The fourth-order valence-electron chi connectivity index (χ4n) is 3.04. The molecule has 0 aliphatic rings. The number of ether oxygens (including phenoxy) is 2. The van der Waals surface area contributed by atoms with E-state index in [0.29, 0.717) is 38.8 Å². The second kappa shape index (κ2) is 8.93. The molecule has 0 radical (unpaired) electrons. The molecule has 0 amide bonds. The Morgan fingerprint density at radius 2 is 1.61 bits per heavy atom. The lowest BCUT2D eigenvalue weighted by molar-refractivity contribution is 0.0696. The molecular weight excluding hydrogens is 420 g/mol. The molecule has 0 spiro atoms. The second-order valence-electron chi connectivity index (χ2n) is 6.65. The lowest BCUT2D eigenvalue weighted by atomic mass is 10.1. The molecule has 1 heterocycles. The third kappa shape index (κ3) is 4.70. The number of rotatable bonds is 7. The Hall–Kier alpha value is -3.77. The number of halogens is 1. The summed E-state index contributed by atoms with van der Waals surface area (Å²) in [6.07, 6.45) is 0. The molecular formula is C24H17ClO6. The van der Waals surface area contributed by atoms with Crippen molar-refractivity contribution in [1.29, 1.82) is 0 Å². The van der Waals surface area contributed by atoms with Crippen LogP contribution in [-0.4, -0.2) is 24.3 Å². The van der Waals surface area contributed by atoms with Gasteiger partial charge in [-0.2, -0.15) is 0 Å². The Labute approximate surface area is 182 Å². The normalized spacial score (nSPS) is 10.7. The number of carboxylic acids is 1. The summed E-state index contributed by atoms with van der Waals surface area (Å²) in [4.78, 5) is 23.3. The van der Waals surface area contributed by atoms with Gasteiger partial charge in [-0.1, -0.05) is 23.7 Å². The molecule has 0 aliphatic heterocycles. The van der Waals surface area contributed by atoms with E-state index < -0.39 is 5.97 Å². The van der Waals surface area contributed by atoms with Crippen molar-refractivity contribution in [3.05, 3.63) is 93.6 Å². The fraction of sp³-hybridized carbons (Fsp3) is 0.0833. The summed E-state index contributed by atoms with van der Waals surface area (Å²) in [7, 11) is 0. The maximum Gasteiger partial charge on any atom is 0.335 e. The molecule has 0 bridgehead atoms. The number of fused-ring (bicyclic) bond motifs is 1. The molecule has 1 N–H and O–H groups in total. The van der Waals surface area contributed by atoms with Crippen molar-refractivity contribution in [2.75, 3.05) is 13.2 Å². The van der Waals surface area contributed by atoms with Crippen molar-refractivity contribution < 1.29 is 23.8 Å². The minimum absolute atomic E-state index is 0.163. The maximum atomic E-state index is 12.4. The first kappa shape index (κ1) is 20.5. The average Bonchev–Trinajstić information content (AvgIpc) is 2.78. The summed E-state index contributed by atoms with van der Waals surface area (Å²) in [6.45, 7) is 0.528. The van der Waals surface area contributed by atoms with Crippen molar-refractivity contribution in [3.63, 3.8) is 0 Å². The lowest BCUT2D eigenvalue weighted by Crippen LogP contribution is -2.09. The van der Waals surface area contributed by atoms with Gasteiger partial charge in [-0.15, -0.1) is 0 Å². The molecule has 156 valence electrons. The number of hydrogen-bond acceptors (Lipinski definition) is 5. The van der Waals surface area contributed by atoms with Crippen molar-refractivity contribution >= 4 is 28.5 Å². The highest BCUT2D eigenvalue weighted by Crippen LogP contribution is 2.28. The Morgan fingerprint density at radius 1 is 0.903 bits per heavy atom. The number of para-hydroxylation sites is 1. The van der Waals surface area contributed by atoms with Gasteiger partial charge < -0.3 is 19.0 Å². The van der Waals surface area contributed by atoms with Gasteiger partial charge in [0, 0.05) is 11.6 Å². The third-order valence-corrected chi connectivity index (χ3v) is 4.84. The van der Waals surface area contributed by atoms with E-state index in [-0.39, 0.29) is 24.2 Å². The molecule has 3 aromatic carbocycles. The van der Waals surface area contributed by atoms with Crippen LogP contribution < -0.4 is 14.9 Å². The minimum Gasteiger partial charge on any atom is -0.490 e. The van der Waals surface area contributed by atoms with Gasteiger partial charge in [0.25, 0.3) is 0 Å². The molecule has 0 aliphatic carbocycles. The zero-order chi connectivity index (χ0) is 21.8. The van der Waals surface area contributed by atoms with Crippen LogP contribution in [0.1, 0.15) is 10.4 Å². The van der Waals surface area contributed by atoms with E-state index in [1.807, 2.05) is 0 Å². The zero-order valence-electron chi connectivity index (χ0n) is 16.2. The highest BCUT2D eigenvalue weighted by molar-refractivity contribution is 6.34. The highest BCUT2D eigenvalue weighted by Gasteiger charge is 2.10. The summed E-state index contributed by atoms with van der Waals surface area (Å²) >= 11 is 6.16. The van der Waals surface area contributed by atoms with E-state index in [4.69, 9.17) is 30.6 Å². The van der Waals surface area contributed by atoms with Crippen LogP contribution in [0.25, 0.3) is 22.3 Å².